The predicted octanol–water partition coefficient (Wildman–Crippen LogP) is -0.334. The van der Waals surface area contributed by atoms with Crippen molar-refractivity contribution in [2.24, 2.45) is 0 Å². The second-order valence-corrected chi connectivity index (χ2v) is 7.01. The summed E-state index contributed by atoms with van der Waals surface area (Å²) in [6.45, 7) is 2.75. The van der Waals surface area contributed by atoms with Crippen LogP contribution in [0, 0.1) is 7.14 Å². The van der Waals surface area contributed by atoms with Gasteiger partial charge in [0.2, 0.25) is 7.14 Å². The summed E-state index contributed by atoms with van der Waals surface area (Å²) >= 11 is -0.633. The zero-order chi connectivity index (χ0) is 15.2. The van der Waals surface area contributed by atoms with E-state index in [1.807, 2.05) is 36.4 Å². The average molecular weight is 397 g/mol. The lowest BCUT2D eigenvalue weighted by atomic mass is 10.3. The van der Waals surface area contributed by atoms with Gasteiger partial charge in [0.05, 0.1) is 0 Å². The number of carbonyl (C=O) groups excluding carboxylic acids is 2. The van der Waals surface area contributed by atoms with Gasteiger partial charge in [-0.05, 0) is 24.3 Å². The van der Waals surface area contributed by atoms with E-state index in [0.29, 0.717) is 11.5 Å². The zero-order valence-corrected chi connectivity index (χ0v) is 13.8. The molecule has 0 unspecified atom stereocenters. The molecule has 0 N–H and O–H groups in total. The Morgan fingerprint density at radius 3 is 1.52 bits per heavy atom. The normalized spacial score (nSPS) is 10.0. The molecule has 2 aromatic rings. The Morgan fingerprint density at radius 2 is 1.14 bits per heavy atom. The molecular weight excluding hydrogens is 383 g/mol. The van der Waals surface area contributed by atoms with E-state index in [1.54, 1.807) is 12.1 Å². The highest BCUT2D eigenvalue weighted by Gasteiger charge is 2.25. The summed E-state index contributed by atoms with van der Waals surface area (Å²) in [7, 11) is 0. The summed E-state index contributed by atoms with van der Waals surface area (Å²) in [6.07, 6.45) is 0. The van der Waals surface area contributed by atoms with Gasteiger partial charge in [-0.3, -0.25) is 9.59 Å². The summed E-state index contributed by atoms with van der Waals surface area (Å²) in [5.41, 5.74) is 0. The highest BCUT2D eigenvalue weighted by Crippen LogP contribution is 2.11. The molecule has 0 aliphatic rings. The fraction of sp³-hybridized carbons (Fsp3) is 0.125. The number of halogens is 1. The van der Waals surface area contributed by atoms with Gasteiger partial charge in [0.1, 0.15) is 0 Å². The summed E-state index contributed by atoms with van der Waals surface area (Å²) in [4.78, 5) is 22.3. The Morgan fingerprint density at radius 1 is 0.762 bits per heavy atom. The Bertz CT molecular complexity index is 609. The molecular formula is C16H14IO4+. The molecule has 4 nitrogen and oxygen atoms in total. The number of hydrogen-bond acceptors (Lipinski definition) is 4. The van der Waals surface area contributed by atoms with Crippen LogP contribution >= 0.6 is 0 Å². The molecule has 0 aliphatic heterocycles. The minimum absolute atomic E-state index is 0.347. The Hall–Kier alpha value is -1.89. The van der Waals surface area contributed by atoms with E-state index in [-0.39, 0.29) is 11.9 Å². The lowest BCUT2D eigenvalue weighted by Gasteiger charge is -2.02. The van der Waals surface area contributed by atoms with Gasteiger partial charge in [0.15, 0.2) is 11.5 Å². The number of rotatable bonds is 4. The minimum Gasteiger partial charge on any atom is -0.422 e. The van der Waals surface area contributed by atoms with Crippen LogP contribution in [0.25, 0.3) is 0 Å². The van der Waals surface area contributed by atoms with Crippen LogP contribution in [0.1, 0.15) is 13.8 Å². The molecule has 0 bridgehead atoms. The lowest BCUT2D eigenvalue weighted by molar-refractivity contribution is -0.598. The first-order valence-corrected chi connectivity index (χ1v) is 8.41. The quantitative estimate of drug-likeness (QED) is 0.403. The van der Waals surface area contributed by atoms with Crippen LogP contribution in [0.2, 0.25) is 0 Å². The van der Waals surface area contributed by atoms with Gasteiger partial charge in [0.25, 0.3) is 0 Å². The molecule has 2 aromatic carbocycles. The van der Waals surface area contributed by atoms with Gasteiger partial charge < -0.3 is 9.47 Å². The predicted molar refractivity (Wildman–Crippen MR) is 72.9 cm³/mol. The van der Waals surface area contributed by atoms with Crippen LogP contribution in [0.3, 0.4) is 0 Å². The van der Waals surface area contributed by atoms with E-state index in [2.05, 4.69) is 0 Å². The monoisotopic (exact) mass is 397 g/mol. The SMILES string of the molecule is CC(=O)Oc1ccccc1[I+]c1ccccc1OC(C)=O. The summed E-state index contributed by atoms with van der Waals surface area (Å²) in [5, 5.41) is 0. The van der Waals surface area contributed by atoms with E-state index in [4.69, 9.17) is 9.47 Å². The molecule has 0 saturated heterocycles. The number of hydrogen-bond donors (Lipinski definition) is 0. The third-order valence-electron chi connectivity index (χ3n) is 2.38. The second-order valence-electron chi connectivity index (χ2n) is 4.14. The van der Waals surface area contributed by atoms with Crippen LogP contribution in [-0.4, -0.2) is 11.9 Å². The van der Waals surface area contributed by atoms with Crippen LogP contribution in [0.15, 0.2) is 48.5 Å². The highest BCUT2D eigenvalue weighted by atomic mass is 127. The van der Waals surface area contributed by atoms with E-state index >= 15 is 0 Å². The fourth-order valence-corrected chi connectivity index (χ4v) is 4.14. The van der Waals surface area contributed by atoms with Crippen molar-refractivity contribution in [2.45, 2.75) is 13.8 Å². The Kier molecular flexibility index (Phi) is 5.32. The van der Waals surface area contributed by atoms with Gasteiger partial charge in [-0.1, -0.05) is 24.3 Å². The van der Waals surface area contributed by atoms with Crippen LogP contribution in [0.4, 0.5) is 0 Å². The third kappa shape index (κ3) is 4.56. The molecule has 2 rings (SSSR count). The van der Waals surface area contributed by atoms with Gasteiger partial charge in [-0.25, -0.2) is 0 Å². The molecule has 21 heavy (non-hydrogen) atoms. The Labute approximate surface area is 133 Å². The van der Waals surface area contributed by atoms with Gasteiger partial charge in [-0.2, -0.15) is 0 Å². The number of benzene rings is 2. The van der Waals surface area contributed by atoms with Crippen molar-refractivity contribution >= 4 is 11.9 Å². The van der Waals surface area contributed by atoms with Crippen molar-refractivity contribution in [2.75, 3.05) is 0 Å². The maximum absolute atomic E-state index is 11.2. The van der Waals surface area contributed by atoms with Crippen molar-refractivity contribution < 1.29 is 40.3 Å². The first-order valence-electron chi connectivity index (χ1n) is 6.26. The Balaban J connectivity index is 2.30. The second kappa shape index (κ2) is 7.21. The maximum Gasteiger partial charge on any atom is 0.366 e. The van der Waals surface area contributed by atoms with Gasteiger partial charge in [0, 0.05) is 13.8 Å². The van der Waals surface area contributed by atoms with E-state index in [0.717, 1.165) is 7.14 Å². The first-order chi connectivity index (χ1) is 10.1. The molecule has 0 aromatic heterocycles. The maximum atomic E-state index is 11.2. The number of esters is 2. The summed E-state index contributed by atoms with van der Waals surface area (Å²) in [6, 6.07) is 14.8. The number of ether oxygens (including phenoxy) is 2. The van der Waals surface area contributed by atoms with Crippen molar-refractivity contribution in [3.8, 4) is 11.5 Å². The van der Waals surface area contributed by atoms with Crippen molar-refractivity contribution in [3.63, 3.8) is 0 Å². The van der Waals surface area contributed by atoms with Crippen LogP contribution in [-0.2, 0) is 9.59 Å². The van der Waals surface area contributed by atoms with Gasteiger partial charge >= 0.3 is 33.1 Å². The average Bonchev–Trinajstić information content (AvgIpc) is 2.42. The van der Waals surface area contributed by atoms with Crippen LogP contribution in [0.5, 0.6) is 11.5 Å². The molecule has 0 aliphatic carbocycles. The third-order valence-corrected chi connectivity index (χ3v) is 5.33. The molecule has 0 amide bonds. The fourth-order valence-electron chi connectivity index (χ4n) is 1.63. The van der Waals surface area contributed by atoms with Gasteiger partial charge in [-0.15, -0.1) is 0 Å². The van der Waals surface area contributed by atoms with E-state index in [1.165, 1.54) is 13.8 Å². The molecule has 0 fully saturated rings. The molecule has 0 heterocycles. The number of para-hydroxylation sites is 2. The lowest BCUT2D eigenvalue weighted by Crippen LogP contribution is -3.61. The standard InChI is InChI=1S/C16H14IO4/c1-11(18)20-15-9-5-3-7-13(15)17-14-8-4-6-10-16(14)21-12(2)19/h3-10H,1-2H3/q+1. The summed E-state index contributed by atoms with van der Waals surface area (Å²) < 4.78 is 12.4. The highest BCUT2D eigenvalue weighted by molar-refractivity contribution is 5.69. The first kappa shape index (κ1) is 15.5. The molecule has 0 spiro atoms. The molecule has 0 atom stereocenters. The summed E-state index contributed by atoms with van der Waals surface area (Å²) in [5.74, 6) is 0.435. The van der Waals surface area contributed by atoms with Crippen molar-refractivity contribution in [1.29, 1.82) is 0 Å². The van der Waals surface area contributed by atoms with Crippen molar-refractivity contribution in [1.82, 2.24) is 0 Å². The number of carbonyl (C=O) groups is 2. The van der Waals surface area contributed by atoms with Crippen molar-refractivity contribution in [3.05, 3.63) is 55.7 Å². The molecule has 0 radical (unpaired) electrons. The minimum atomic E-state index is -0.633. The van der Waals surface area contributed by atoms with Crippen LogP contribution < -0.4 is 30.7 Å². The largest absolute Gasteiger partial charge is 0.422 e. The topological polar surface area (TPSA) is 52.6 Å². The van der Waals surface area contributed by atoms with E-state index in [9.17, 15) is 9.59 Å². The molecule has 5 heteroatoms. The molecule has 0 saturated carbocycles. The zero-order valence-electron chi connectivity index (χ0n) is 11.6. The van der Waals surface area contributed by atoms with E-state index < -0.39 is 21.2 Å². The smallest absolute Gasteiger partial charge is 0.366 e. The molecule has 108 valence electrons.